The topological polar surface area (TPSA) is 81.2 Å². The molecule has 1 aromatic rings. The predicted molar refractivity (Wildman–Crippen MR) is 60.2 cm³/mol. The van der Waals surface area contributed by atoms with Gasteiger partial charge in [-0.1, -0.05) is 11.6 Å². The Hall–Kier alpha value is -1.33. The number of nitro groups is 1. The number of halogens is 1. The Morgan fingerprint density at radius 1 is 1.67 bits per heavy atom. The van der Waals surface area contributed by atoms with E-state index in [4.69, 9.17) is 17.3 Å². The maximum atomic E-state index is 10.4. The van der Waals surface area contributed by atoms with Gasteiger partial charge in [-0.2, -0.15) is 0 Å². The van der Waals surface area contributed by atoms with Crippen molar-refractivity contribution in [1.82, 2.24) is 0 Å². The molecule has 0 heterocycles. The Balaban J connectivity index is 2.79. The van der Waals surface area contributed by atoms with E-state index in [1.54, 1.807) is 6.07 Å². The van der Waals surface area contributed by atoms with Crippen LogP contribution in [0.4, 0.5) is 11.4 Å². The third-order valence-corrected chi connectivity index (χ3v) is 2.09. The summed E-state index contributed by atoms with van der Waals surface area (Å²) in [6.07, 6.45) is 0. The molecule has 1 atom stereocenters. The van der Waals surface area contributed by atoms with Crippen LogP contribution in [-0.4, -0.2) is 17.5 Å². The average molecular weight is 230 g/mol. The van der Waals surface area contributed by atoms with Gasteiger partial charge in [-0.3, -0.25) is 10.1 Å². The second kappa shape index (κ2) is 4.95. The summed E-state index contributed by atoms with van der Waals surface area (Å²) < 4.78 is 0. The summed E-state index contributed by atoms with van der Waals surface area (Å²) in [7, 11) is 0. The highest BCUT2D eigenvalue weighted by atomic mass is 35.5. The molecular formula is C9H12ClN3O2. The lowest BCUT2D eigenvalue weighted by Crippen LogP contribution is -2.25. The molecule has 15 heavy (non-hydrogen) atoms. The zero-order valence-electron chi connectivity index (χ0n) is 8.24. The molecule has 0 amide bonds. The summed E-state index contributed by atoms with van der Waals surface area (Å²) in [6, 6.07) is 4.28. The minimum absolute atomic E-state index is 0.00346. The number of non-ortho nitro benzene ring substituents is 1. The highest BCUT2D eigenvalue weighted by Gasteiger charge is 2.09. The van der Waals surface area contributed by atoms with E-state index in [1.807, 2.05) is 6.92 Å². The van der Waals surface area contributed by atoms with Crippen molar-refractivity contribution < 1.29 is 4.92 Å². The zero-order chi connectivity index (χ0) is 11.4. The van der Waals surface area contributed by atoms with Crippen LogP contribution in [0.3, 0.4) is 0 Å². The van der Waals surface area contributed by atoms with Gasteiger partial charge < -0.3 is 11.1 Å². The van der Waals surface area contributed by atoms with Gasteiger partial charge in [0.05, 0.1) is 15.6 Å². The van der Waals surface area contributed by atoms with E-state index in [2.05, 4.69) is 5.32 Å². The molecule has 1 aromatic carbocycles. The first-order chi connectivity index (χ1) is 7.00. The molecule has 0 unspecified atom stereocenters. The number of nitrogens with one attached hydrogen (secondary N) is 1. The Kier molecular flexibility index (Phi) is 3.88. The van der Waals surface area contributed by atoms with Crippen LogP contribution < -0.4 is 11.1 Å². The van der Waals surface area contributed by atoms with E-state index in [0.29, 0.717) is 17.3 Å². The number of hydrogen-bond donors (Lipinski definition) is 2. The van der Waals surface area contributed by atoms with Crippen LogP contribution in [0.25, 0.3) is 0 Å². The molecule has 0 fully saturated rings. The molecule has 82 valence electrons. The van der Waals surface area contributed by atoms with Gasteiger partial charge in [0.25, 0.3) is 5.69 Å². The normalized spacial score (nSPS) is 12.2. The lowest BCUT2D eigenvalue weighted by atomic mass is 10.2. The Bertz CT molecular complexity index is 368. The number of nitrogens with two attached hydrogens (primary N) is 1. The van der Waals surface area contributed by atoms with Gasteiger partial charge in [0.15, 0.2) is 0 Å². The second-order valence-corrected chi connectivity index (χ2v) is 3.69. The van der Waals surface area contributed by atoms with Crippen molar-refractivity contribution in [3.8, 4) is 0 Å². The Morgan fingerprint density at radius 2 is 2.33 bits per heavy atom. The molecule has 6 heteroatoms. The van der Waals surface area contributed by atoms with E-state index in [1.165, 1.54) is 12.1 Å². The molecule has 0 saturated carbocycles. The van der Waals surface area contributed by atoms with E-state index in [-0.39, 0.29) is 11.7 Å². The van der Waals surface area contributed by atoms with E-state index in [9.17, 15) is 10.1 Å². The van der Waals surface area contributed by atoms with Gasteiger partial charge in [0, 0.05) is 24.7 Å². The Morgan fingerprint density at radius 3 is 2.80 bits per heavy atom. The lowest BCUT2D eigenvalue weighted by Gasteiger charge is -2.10. The first kappa shape index (κ1) is 11.7. The van der Waals surface area contributed by atoms with Crippen molar-refractivity contribution in [1.29, 1.82) is 0 Å². The van der Waals surface area contributed by atoms with Crippen molar-refractivity contribution in [3.63, 3.8) is 0 Å². The fourth-order valence-electron chi connectivity index (χ4n) is 1.03. The molecule has 0 radical (unpaired) electrons. The molecule has 5 nitrogen and oxygen atoms in total. The molecule has 1 rings (SSSR count). The summed E-state index contributed by atoms with van der Waals surface area (Å²) in [5.41, 5.74) is 6.19. The average Bonchev–Trinajstić information content (AvgIpc) is 2.15. The third kappa shape index (κ3) is 3.38. The van der Waals surface area contributed by atoms with E-state index < -0.39 is 4.92 Å². The number of benzene rings is 1. The monoisotopic (exact) mass is 229 g/mol. The van der Waals surface area contributed by atoms with Crippen LogP contribution in [0, 0.1) is 10.1 Å². The largest absolute Gasteiger partial charge is 0.382 e. The summed E-state index contributed by atoms with van der Waals surface area (Å²) in [4.78, 5) is 9.95. The highest BCUT2D eigenvalue weighted by molar-refractivity contribution is 6.33. The van der Waals surface area contributed by atoms with Gasteiger partial charge in [0.1, 0.15) is 0 Å². The minimum Gasteiger partial charge on any atom is -0.382 e. The van der Waals surface area contributed by atoms with Crippen molar-refractivity contribution in [3.05, 3.63) is 33.3 Å². The smallest absolute Gasteiger partial charge is 0.271 e. The molecule has 0 aliphatic carbocycles. The number of nitro benzene ring substituents is 1. The maximum Gasteiger partial charge on any atom is 0.271 e. The molecule has 0 aliphatic rings. The van der Waals surface area contributed by atoms with Crippen LogP contribution in [0.15, 0.2) is 18.2 Å². The third-order valence-electron chi connectivity index (χ3n) is 1.78. The van der Waals surface area contributed by atoms with Gasteiger partial charge >= 0.3 is 0 Å². The second-order valence-electron chi connectivity index (χ2n) is 3.28. The van der Waals surface area contributed by atoms with Gasteiger partial charge in [0.2, 0.25) is 0 Å². The number of anilines is 1. The first-order valence-corrected chi connectivity index (χ1v) is 4.82. The Labute approximate surface area is 92.4 Å². The van der Waals surface area contributed by atoms with Crippen LogP contribution in [0.1, 0.15) is 6.92 Å². The fourth-order valence-corrected chi connectivity index (χ4v) is 1.27. The maximum absolute atomic E-state index is 10.4. The van der Waals surface area contributed by atoms with Gasteiger partial charge in [-0.05, 0) is 13.0 Å². The van der Waals surface area contributed by atoms with Crippen LogP contribution in [0.2, 0.25) is 5.02 Å². The predicted octanol–water partition coefficient (Wildman–Crippen LogP) is 2.01. The highest BCUT2D eigenvalue weighted by Crippen LogP contribution is 2.26. The lowest BCUT2D eigenvalue weighted by molar-refractivity contribution is -0.384. The van der Waals surface area contributed by atoms with Crippen LogP contribution in [-0.2, 0) is 0 Å². The molecule has 0 aliphatic heterocycles. The first-order valence-electron chi connectivity index (χ1n) is 4.44. The van der Waals surface area contributed by atoms with E-state index in [0.717, 1.165) is 0 Å². The molecule has 0 spiro atoms. The number of rotatable bonds is 4. The molecule has 0 aromatic heterocycles. The quantitative estimate of drug-likeness (QED) is 0.611. The zero-order valence-corrected chi connectivity index (χ0v) is 8.99. The van der Waals surface area contributed by atoms with Crippen molar-refractivity contribution in [2.24, 2.45) is 5.73 Å². The molecule has 3 N–H and O–H groups in total. The van der Waals surface area contributed by atoms with Gasteiger partial charge in [-0.25, -0.2) is 0 Å². The van der Waals surface area contributed by atoms with Crippen molar-refractivity contribution >= 4 is 23.0 Å². The summed E-state index contributed by atoms with van der Waals surface area (Å²) in [5, 5.41) is 13.8. The van der Waals surface area contributed by atoms with Crippen molar-refractivity contribution in [2.75, 3.05) is 11.9 Å². The van der Waals surface area contributed by atoms with Gasteiger partial charge in [-0.15, -0.1) is 0 Å². The molecule has 0 saturated heterocycles. The summed E-state index contributed by atoms with van der Waals surface area (Å²) >= 11 is 5.85. The van der Waals surface area contributed by atoms with Crippen LogP contribution >= 0.6 is 11.6 Å². The SMILES string of the molecule is C[C@@H](N)CNc1ccc([N+](=O)[O-])cc1Cl. The number of hydrogen-bond acceptors (Lipinski definition) is 4. The van der Waals surface area contributed by atoms with E-state index >= 15 is 0 Å². The molecular weight excluding hydrogens is 218 g/mol. The number of nitrogens with zero attached hydrogens (tertiary/aromatic N) is 1. The summed E-state index contributed by atoms with van der Waals surface area (Å²) in [6.45, 7) is 2.42. The van der Waals surface area contributed by atoms with Crippen LogP contribution in [0.5, 0.6) is 0 Å². The van der Waals surface area contributed by atoms with Crippen molar-refractivity contribution in [2.45, 2.75) is 13.0 Å². The fraction of sp³-hybridized carbons (Fsp3) is 0.333. The standard InChI is InChI=1S/C9H12ClN3O2/c1-6(11)5-12-9-3-2-7(13(14)15)4-8(9)10/h2-4,6,12H,5,11H2,1H3/t6-/m1/s1. The summed E-state index contributed by atoms with van der Waals surface area (Å²) in [5.74, 6) is 0. The minimum atomic E-state index is -0.485. The molecule has 0 bridgehead atoms.